The molecular weight excluding hydrogens is 438 g/mol. The summed E-state index contributed by atoms with van der Waals surface area (Å²) in [6.45, 7) is 4.59. The summed E-state index contributed by atoms with van der Waals surface area (Å²) in [6, 6.07) is 39.6. The fourth-order valence-corrected chi connectivity index (χ4v) is 6.09. The van der Waals surface area contributed by atoms with Crippen molar-refractivity contribution < 1.29 is 4.79 Å². The molecule has 0 radical (unpaired) electrons. The van der Waals surface area contributed by atoms with Crippen LogP contribution in [-0.4, -0.2) is 10.4 Å². The molecule has 172 valence electrons. The van der Waals surface area contributed by atoms with Crippen molar-refractivity contribution in [3.8, 4) is 16.8 Å². The highest BCUT2D eigenvalue weighted by Gasteiger charge is 2.39. The van der Waals surface area contributed by atoms with Crippen molar-refractivity contribution in [2.45, 2.75) is 19.3 Å². The number of nitrogens with zero attached hydrogens (tertiary/aromatic N) is 1. The van der Waals surface area contributed by atoms with E-state index in [0.29, 0.717) is 0 Å². The van der Waals surface area contributed by atoms with E-state index in [1.807, 2.05) is 36.4 Å². The molecule has 1 aliphatic rings. The van der Waals surface area contributed by atoms with Gasteiger partial charge >= 0.3 is 0 Å². The van der Waals surface area contributed by atoms with E-state index in [2.05, 4.69) is 97.3 Å². The van der Waals surface area contributed by atoms with Gasteiger partial charge in [-0.3, -0.25) is 4.79 Å². The van der Waals surface area contributed by atoms with Gasteiger partial charge in [0.2, 0.25) is 0 Å². The minimum atomic E-state index is -0.266. The highest BCUT2D eigenvalue weighted by Crippen LogP contribution is 2.53. The molecule has 2 heteroatoms. The fraction of sp³-hybridized carbons (Fsp3) is 0.0882. The van der Waals surface area contributed by atoms with Gasteiger partial charge in [0.25, 0.3) is 0 Å². The smallest absolute Gasteiger partial charge is 0.193 e. The maximum absolute atomic E-state index is 13.3. The zero-order valence-electron chi connectivity index (χ0n) is 20.3. The summed E-state index contributed by atoms with van der Waals surface area (Å²) in [5.74, 6) is 0.0636. The summed E-state index contributed by atoms with van der Waals surface area (Å²) in [7, 11) is 0. The molecule has 0 saturated heterocycles. The lowest BCUT2D eigenvalue weighted by atomic mass is 9.80. The molecule has 1 aliphatic carbocycles. The minimum Gasteiger partial charge on any atom is -0.309 e. The van der Waals surface area contributed by atoms with Crippen LogP contribution in [0.3, 0.4) is 0 Å². The number of para-hydroxylation sites is 2. The maximum Gasteiger partial charge on any atom is 0.193 e. The SMILES string of the molecule is CC1(C)c2cc(C(=O)c3ccccc3)ccc2-c2ccc3c4ccccc4n(-c4ccccc4)c3c21. The number of hydrogen-bond acceptors (Lipinski definition) is 1. The van der Waals surface area contributed by atoms with E-state index >= 15 is 0 Å². The Kier molecular flexibility index (Phi) is 4.37. The van der Waals surface area contributed by atoms with Crippen LogP contribution in [-0.2, 0) is 5.41 Å². The molecule has 0 N–H and O–H groups in total. The Hall–Kier alpha value is -4.43. The topological polar surface area (TPSA) is 22.0 Å². The van der Waals surface area contributed by atoms with E-state index in [-0.39, 0.29) is 11.2 Å². The lowest BCUT2D eigenvalue weighted by Crippen LogP contribution is -2.17. The Morgan fingerprint density at radius 3 is 2.08 bits per heavy atom. The number of rotatable bonds is 3. The first-order valence-corrected chi connectivity index (χ1v) is 12.4. The molecule has 0 bridgehead atoms. The van der Waals surface area contributed by atoms with E-state index < -0.39 is 0 Å². The van der Waals surface area contributed by atoms with Gasteiger partial charge in [0.15, 0.2) is 5.78 Å². The molecule has 0 aliphatic heterocycles. The Balaban J connectivity index is 1.51. The van der Waals surface area contributed by atoms with Crippen molar-refractivity contribution in [2.75, 3.05) is 0 Å². The molecule has 6 aromatic rings. The molecule has 0 atom stereocenters. The van der Waals surface area contributed by atoms with E-state index in [0.717, 1.165) is 16.8 Å². The largest absolute Gasteiger partial charge is 0.309 e. The summed E-state index contributed by atoms with van der Waals surface area (Å²) < 4.78 is 2.41. The molecule has 0 spiro atoms. The van der Waals surface area contributed by atoms with Gasteiger partial charge in [0.1, 0.15) is 0 Å². The van der Waals surface area contributed by atoms with Crippen LogP contribution in [0.25, 0.3) is 38.6 Å². The van der Waals surface area contributed by atoms with E-state index in [9.17, 15) is 4.79 Å². The second-order valence-electron chi connectivity index (χ2n) is 10.2. The van der Waals surface area contributed by atoms with Crippen LogP contribution in [0.15, 0.2) is 115 Å². The summed E-state index contributed by atoms with van der Waals surface area (Å²) in [5.41, 5.74) is 9.79. The zero-order valence-corrected chi connectivity index (χ0v) is 20.3. The van der Waals surface area contributed by atoms with Crippen LogP contribution in [0, 0.1) is 0 Å². The highest BCUT2D eigenvalue weighted by molar-refractivity contribution is 6.14. The van der Waals surface area contributed by atoms with Crippen molar-refractivity contribution in [3.63, 3.8) is 0 Å². The van der Waals surface area contributed by atoms with Gasteiger partial charge in [-0.05, 0) is 46.5 Å². The first-order chi connectivity index (χ1) is 17.6. The summed E-state index contributed by atoms with van der Waals surface area (Å²) >= 11 is 0. The average Bonchev–Trinajstić information content (AvgIpc) is 3.38. The number of carbonyl (C=O) groups is 1. The fourth-order valence-electron chi connectivity index (χ4n) is 6.09. The van der Waals surface area contributed by atoms with Gasteiger partial charge in [-0.1, -0.05) is 105 Å². The van der Waals surface area contributed by atoms with Crippen molar-refractivity contribution >= 4 is 27.6 Å². The Bertz CT molecular complexity index is 1810. The second-order valence-corrected chi connectivity index (χ2v) is 10.2. The first-order valence-electron chi connectivity index (χ1n) is 12.4. The monoisotopic (exact) mass is 463 g/mol. The lowest BCUT2D eigenvalue weighted by molar-refractivity contribution is 0.103. The number of aromatic nitrogens is 1. The van der Waals surface area contributed by atoms with E-state index in [1.54, 1.807) is 0 Å². The van der Waals surface area contributed by atoms with Gasteiger partial charge in [-0.15, -0.1) is 0 Å². The molecule has 0 unspecified atom stereocenters. The van der Waals surface area contributed by atoms with Gasteiger partial charge in [-0.25, -0.2) is 0 Å². The number of ketones is 1. The molecule has 1 aromatic heterocycles. The van der Waals surface area contributed by atoms with Crippen molar-refractivity contribution in [1.29, 1.82) is 0 Å². The normalized spacial score (nSPS) is 13.6. The standard InChI is InChI=1S/C34H25NO/c1-34(2)29-21-23(33(36)22-11-5-3-6-12-22)17-18-25(29)27-19-20-28-26-15-9-10-16-30(26)35(32(28)31(27)34)24-13-7-4-8-14-24/h3-21H,1-2H3. The van der Waals surface area contributed by atoms with Gasteiger partial charge in [0, 0.05) is 33.0 Å². The van der Waals surface area contributed by atoms with E-state index in [4.69, 9.17) is 0 Å². The number of benzene rings is 5. The molecule has 1 heterocycles. The van der Waals surface area contributed by atoms with E-state index in [1.165, 1.54) is 44.1 Å². The van der Waals surface area contributed by atoms with Crippen LogP contribution in [0.2, 0.25) is 0 Å². The third-order valence-corrected chi connectivity index (χ3v) is 7.76. The minimum absolute atomic E-state index is 0.0636. The molecular formula is C34H25NO. The molecule has 0 amide bonds. The number of carbonyl (C=O) groups excluding carboxylic acids is 1. The molecule has 2 nitrogen and oxygen atoms in total. The molecule has 5 aromatic carbocycles. The summed E-state index contributed by atoms with van der Waals surface area (Å²) in [4.78, 5) is 13.3. The molecule has 0 fully saturated rings. The van der Waals surface area contributed by atoms with Crippen molar-refractivity contribution in [2.24, 2.45) is 0 Å². The number of hydrogen-bond donors (Lipinski definition) is 0. The second kappa shape index (κ2) is 7.53. The van der Waals surface area contributed by atoms with Gasteiger partial charge in [-0.2, -0.15) is 0 Å². The number of fused-ring (bicyclic) bond motifs is 7. The predicted octanol–water partition coefficient (Wildman–Crippen LogP) is 8.32. The summed E-state index contributed by atoms with van der Waals surface area (Å²) in [6.07, 6.45) is 0. The highest BCUT2D eigenvalue weighted by atomic mass is 16.1. The average molecular weight is 464 g/mol. The van der Waals surface area contributed by atoms with Crippen LogP contribution in [0.4, 0.5) is 0 Å². The van der Waals surface area contributed by atoms with Crippen LogP contribution in [0.1, 0.15) is 40.9 Å². The van der Waals surface area contributed by atoms with Crippen LogP contribution >= 0.6 is 0 Å². The summed E-state index contributed by atoms with van der Waals surface area (Å²) in [5, 5.41) is 2.51. The Morgan fingerprint density at radius 2 is 1.31 bits per heavy atom. The van der Waals surface area contributed by atoms with Crippen LogP contribution < -0.4 is 0 Å². The zero-order chi connectivity index (χ0) is 24.4. The first kappa shape index (κ1) is 20.9. The Labute approximate surface area is 210 Å². The third-order valence-electron chi connectivity index (χ3n) is 7.76. The quantitative estimate of drug-likeness (QED) is 0.242. The maximum atomic E-state index is 13.3. The van der Waals surface area contributed by atoms with Crippen molar-refractivity contribution in [1.82, 2.24) is 4.57 Å². The Morgan fingerprint density at radius 1 is 0.639 bits per heavy atom. The van der Waals surface area contributed by atoms with Gasteiger partial charge < -0.3 is 4.57 Å². The molecule has 36 heavy (non-hydrogen) atoms. The van der Waals surface area contributed by atoms with Crippen molar-refractivity contribution in [3.05, 3.63) is 138 Å². The lowest BCUT2D eigenvalue weighted by Gasteiger charge is -2.24. The third kappa shape index (κ3) is 2.82. The molecule has 0 saturated carbocycles. The van der Waals surface area contributed by atoms with Crippen LogP contribution in [0.5, 0.6) is 0 Å². The molecule has 7 rings (SSSR count). The van der Waals surface area contributed by atoms with Gasteiger partial charge in [0.05, 0.1) is 11.0 Å². The predicted molar refractivity (Wildman–Crippen MR) is 148 cm³/mol.